The summed E-state index contributed by atoms with van der Waals surface area (Å²) in [6.45, 7) is 4.74. The van der Waals surface area contributed by atoms with Gasteiger partial charge in [0.05, 0.1) is 10.6 Å². The van der Waals surface area contributed by atoms with Crippen LogP contribution in [0.3, 0.4) is 0 Å². The van der Waals surface area contributed by atoms with E-state index in [9.17, 15) is 4.79 Å². The Balaban J connectivity index is 2.09. The highest BCUT2D eigenvalue weighted by atomic mass is 79.9. The molecule has 1 amide bonds. The van der Waals surface area contributed by atoms with Crippen molar-refractivity contribution >= 4 is 33.4 Å². The summed E-state index contributed by atoms with van der Waals surface area (Å²) in [5.74, 6) is -0.162. The minimum Gasteiger partial charge on any atom is -0.351 e. The zero-order chi connectivity index (χ0) is 15.5. The lowest BCUT2D eigenvalue weighted by molar-refractivity contribution is 0.0946. The van der Waals surface area contributed by atoms with Crippen LogP contribution in [0.25, 0.3) is 0 Å². The van der Waals surface area contributed by atoms with Crippen molar-refractivity contribution in [3.05, 3.63) is 69.2 Å². The van der Waals surface area contributed by atoms with Gasteiger partial charge in [0.15, 0.2) is 0 Å². The zero-order valence-electron chi connectivity index (χ0n) is 12.0. The van der Waals surface area contributed by atoms with E-state index in [1.807, 2.05) is 24.3 Å². The second-order valence-electron chi connectivity index (χ2n) is 5.56. The number of hydrogen-bond donors (Lipinski definition) is 1. The normalized spacial score (nSPS) is 11.2. The average Bonchev–Trinajstić information content (AvgIpc) is 2.48. The fourth-order valence-corrected chi connectivity index (χ4v) is 2.62. The summed E-state index contributed by atoms with van der Waals surface area (Å²) in [6, 6.07) is 15.4. The lowest BCUT2D eigenvalue weighted by atomic mass is 9.84. The van der Waals surface area contributed by atoms with Crippen LogP contribution in [0.4, 0.5) is 0 Å². The second-order valence-corrected chi connectivity index (χ2v) is 6.88. The molecule has 0 fully saturated rings. The maximum Gasteiger partial charge on any atom is 0.252 e. The molecule has 0 aliphatic heterocycles. The molecule has 0 aliphatic rings. The van der Waals surface area contributed by atoms with Crippen molar-refractivity contribution in [2.24, 2.45) is 0 Å². The van der Waals surface area contributed by atoms with Gasteiger partial charge in [0.1, 0.15) is 0 Å². The van der Waals surface area contributed by atoms with E-state index in [0.717, 1.165) is 4.47 Å². The van der Waals surface area contributed by atoms with Crippen LogP contribution in [0.5, 0.6) is 0 Å². The lowest BCUT2D eigenvalue weighted by Gasteiger charge is -2.25. The summed E-state index contributed by atoms with van der Waals surface area (Å²) < 4.78 is 0.833. The van der Waals surface area contributed by atoms with Gasteiger partial charge in [-0.3, -0.25) is 4.79 Å². The second kappa shape index (κ2) is 6.63. The predicted molar refractivity (Wildman–Crippen MR) is 91.0 cm³/mol. The van der Waals surface area contributed by atoms with Crippen LogP contribution in [-0.4, -0.2) is 12.5 Å². The van der Waals surface area contributed by atoms with E-state index in [1.54, 1.807) is 12.1 Å². The quantitative estimate of drug-likeness (QED) is 0.826. The van der Waals surface area contributed by atoms with E-state index in [1.165, 1.54) is 5.56 Å². The first-order chi connectivity index (χ1) is 9.90. The number of benzene rings is 2. The van der Waals surface area contributed by atoms with Crippen LogP contribution in [0.1, 0.15) is 29.8 Å². The summed E-state index contributed by atoms with van der Waals surface area (Å²) >= 11 is 9.43. The number of nitrogens with one attached hydrogen (secondary N) is 1. The van der Waals surface area contributed by atoms with Gasteiger partial charge in [-0.25, -0.2) is 0 Å². The zero-order valence-corrected chi connectivity index (χ0v) is 14.3. The number of amides is 1. The molecule has 2 rings (SSSR count). The van der Waals surface area contributed by atoms with Crippen molar-refractivity contribution in [1.82, 2.24) is 5.32 Å². The molecule has 0 spiro atoms. The Labute approximate surface area is 138 Å². The van der Waals surface area contributed by atoms with Gasteiger partial charge in [0.2, 0.25) is 0 Å². The third-order valence-corrected chi connectivity index (χ3v) is 4.24. The molecule has 2 aromatic carbocycles. The summed E-state index contributed by atoms with van der Waals surface area (Å²) in [5, 5.41) is 3.41. The number of halogens is 2. The van der Waals surface area contributed by atoms with Crippen molar-refractivity contribution in [1.29, 1.82) is 0 Å². The highest BCUT2D eigenvalue weighted by Gasteiger charge is 2.22. The fraction of sp³-hybridized carbons (Fsp3) is 0.235. The summed E-state index contributed by atoms with van der Waals surface area (Å²) in [7, 11) is 0. The molecule has 0 aromatic heterocycles. The molecule has 0 aliphatic carbocycles. The topological polar surface area (TPSA) is 29.1 Å². The maximum atomic E-state index is 12.3. The Morgan fingerprint density at radius 3 is 2.52 bits per heavy atom. The van der Waals surface area contributed by atoms with Gasteiger partial charge in [-0.05, 0) is 23.8 Å². The molecule has 110 valence electrons. The number of rotatable bonds is 4. The van der Waals surface area contributed by atoms with Crippen LogP contribution < -0.4 is 5.32 Å². The fourth-order valence-electron chi connectivity index (χ4n) is 2.06. The van der Waals surface area contributed by atoms with Gasteiger partial charge in [0, 0.05) is 16.4 Å². The van der Waals surface area contributed by atoms with Crippen molar-refractivity contribution in [2.75, 3.05) is 6.54 Å². The third-order valence-electron chi connectivity index (χ3n) is 3.42. The Kier molecular flexibility index (Phi) is 5.07. The van der Waals surface area contributed by atoms with Crippen molar-refractivity contribution < 1.29 is 4.79 Å². The molecule has 1 N–H and O–H groups in total. The highest BCUT2D eigenvalue weighted by Crippen LogP contribution is 2.23. The standard InChI is InChI=1S/C17H17BrClNO/c1-17(2,12-6-4-3-5-7-12)11-20-16(21)14-10-13(18)8-9-15(14)19/h3-10H,11H2,1-2H3,(H,20,21). The van der Waals surface area contributed by atoms with E-state index < -0.39 is 0 Å². The first-order valence-electron chi connectivity index (χ1n) is 6.69. The van der Waals surface area contributed by atoms with Crippen molar-refractivity contribution in [2.45, 2.75) is 19.3 Å². The molecule has 0 saturated heterocycles. The van der Waals surface area contributed by atoms with Crippen LogP contribution in [0.15, 0.2) is 53.0 Å². The summed E-state index contributed by atoms with van der Waals surface area (Å²) in [6.07, 6.45) is 0. The first kappa shape index (κ1) is 16.1. The summed E-state index contributed by atoms with van der Waals surface area (Å²) in [5.41, 5.74) is 1.52. The molecule has 2 nitrogen and oxygen atoms in total. The largest absolute Gasteiger partial charge is 0.351 e. The number of carbonyl (C=O) groups is 1. The molecule has 0 saturated carbocycles. The Morgan fingerprint density at radius 2 is 1.86 bits per heavy atom. The Bertz CT molecular complexity index is 640. The van der Waals surface area contributed by atoms with E-state index in [4.69, 9.17) is 11.6 Å². The molecular formula is C17H17BrClNO. The minimum atomic E-state index is -0.162. The molecule has 2 aromatic rings. The minimum absolute atomic E-state index is 0.143. The van der Waals surface area contributed by atoms with E-state index in [2.05, 4.69) is 47.2 Å². The molecule has 0 radical (unpaired) electrons. The molecule has 0 atom stereocenters. The van der Waals surface area contributed by atoms with Gasteiger partial charge in [-0.15, -0.1) is 0 Å². The van der Waals surface area contributed by atoms with Crippen LogP contribution in [-0.2, 0) is 5.41 Å². The van der Waals surface area contributed by atoms with Gasteiger partial charge in [-0.1, -0.05) is 71.7 Å². The van der Waals surface area contributed by atoms with E-state index in [-0.39, 0.29) is 11.3 Å². The molecule has 0 bridgehead atoms. The van der Waals surface area contributed by atoms with E-state index >= 15 is 0 Å². The average molecular weight is 367 g/mol. The van der Waals surface area contributed by atoms with Crippen LogP contribution >= 0.6 is 27.5 Å². The highest BCUT2D eigenvalue weighted by molar-refractivity contribution is 9.10. The lowest BCUT2D eigenvalue weighted by Crippen LogP contribution is -2.36. The number of hydrogen-bond acceptors (Lipinski definition) is 1. The van der Waals surface area contributed by atoms with Gasteiger partial charge in [-0.2, -0.15) is 0 Å². The first-order valence-corrected chi connectivity index (χ1v) is 7.86. The van der Waals surface area contributed by atoms with Gasteiger partial charge < -0.3 is 5.32 Å². The number of carbonyl (C=O) groups excluding carboxylic acids is 1. The van der Waals surface area contributed by atoms with Crippen LogP contribution in [0.2, 0.25) is 5.02 Å². The molecular weight excluding hydrogens is 350 g/mol. The van der Waals surface area contributed by atoms with Crippen LogP contribution in [0, 0.1) is 0 Å². The maximum absolute atomic E-state index is 12.3. The smallest absolute Gasteiger partial charge is 0.252 e. The SMILES string of the molecule is CC(C)(CNC(=O)c1cc(Br)ccc1Cl)c1ccccc1. The van der Waals surface area contributed by atoms with Gasteiger partial charge >= 0.3 is 0 Å². The third kappa shape index (κ3) is 4.08. The molecule has 0 heterocycles. The predicted octanol–water partition coefficient (Wildman–Crippen LogP) is 4.81. The molecule has 4 heteroatoms. The van der Waals surface area contributed by atoms with E-state index in [0.29, 0.717) is 17.1 Å². The molecule has 21 heavy (non-hydrogen) atoms. The molecule has 0 unspecified atom stereocenters. The van der Waals surface area contributed by atoms with Crippen molar-refractivity contribution in [3.63, 3.8) is 0 Å². The Morgan fingerprint density at radius 1 is 1.19 bits per heavy atom. The monoisotopic (exact) mass is 365 g/mol. The van der Waals surface area contributed by atoms with Crippen molar-refractivity contribution in [3.8, 4) is 0 Å². The summed E-state index contributed by atoms with van der Waals surface area (Å²) in [4.78, 5) is 12.3. The van der Waals surface area contributed by atoms with Gasteiger partial charge in [0.25, 0.3) is 5.91 Å². The Hall–Kier alpha value is -1.32.